The summed E-state index contributed by atoms with van der Waals surface area (Å²) in [5.41, 5.74) is 0. The van der Waals surface area contributed by atoms with Crippen molar-refractivity contribution < 1.29 is 61.3 Å². The Bertz CT molecular complexity index is 539. The van der Waals surface area contributed by atoms with Crippen molar-refractivity contribution in [2.75, 3.05) is 12.4 Å². The predicted octanol–water partition coefficient (Wildman–Crippen LogP) is 3.22. The normalized spacial score (nSPS) is 24.1. The molecular weight excluding hydrogens is 433 g/mol. The lowest BCUT2D eigenvalue weighted by Gasteiger charge is -2.27. The van der Waals surface area contributed by atoms with Gasteiger partial charge in [0.05, 0.1) is 0 Å². The molecule has 0 aliphatic rings. The Hall–Kier alpha value is -0.860. The second-order valence-electron chi connectivity index (χ2n) is 5.49. The summed E-state index contributed by atoms with van der Waals surface area (Å²) in [6, 6.07) is 0. The van der Waals surface area contributed by atoms with E-state index in [0.717, 1.165) is 0 Å². The van der Waals surface area contributed by atoms with Crippen LogP contribution in [0.25, 0.3) is 0 Å². The number of halogens is 11. The van der Waals surface area contributed by atoms with Gasteiger partial charge in [-0.3, -0.25) is 4.55 Å². The molecule has 0 aromatic heterocycles. The summed E-state index contributed by atoms with van der Waals surface area (Å²) in [5.74, 6) is -2.07. The van der Waals surface area contributed by atoms with E-state index >= 15 is 0 Å². The maximum atomic E-state index is 13.4. The molecule has 0 heterocycles. The molecule has 27 heavy (non-hydrogen) atoms. The molecule has 0 rings (SSSR count). The van der Waals surface area contributed by atoms with Crippen molar-refractivity contribution in [2.24, 2.45) is 0 Å². The van der Waals surface area contributed by atoms with Gasteiger partial charge in [0.2, 0.25) is 0 Å². The van der Waals surface area contributed by atoms with Crippen LogP contribution in [-0.2, 0) is 10.1 Å². The van der Waals surface area contributed by atoms with Gasteiger partial charge in [-0.05, 0) is 0 Å². The van der Waals surface area contributed by atoms with Gasteiger partial charge in [0.15, 0.2) is 61.7 Å². The smallest absolute Gasteiger partial charge is 0.267 e. The highest BCUT2D eigenvalue weighted by Gasteiger charge is 2.49. The zero-order chi connectivity index (χ0) is 21.7. The van der Waals surface area contributed by atoms with Crippen molar-refractivity contribution in [2.45, 2.75) is 61.7 Å². The first-order valence-electron chi connectivity index (χ1n) is 7.07. The van der Waals surface area contributed by atoms with E-state index in [4.69, 9.17) is 4.55 Å². The van der Waals surface area contributed by atoms with Gasteiger partial charge in [0, 0.05) is 0 Å². The van der Waals surface area contributed by atoms with Crippen LogP contribution in [0.2, 0.25) is 0 Å². The van der Waals surface area contributed by atoms with Crippen molar-refractivity contribution in [3.63, 3.8) is 0 Å². The van der Waals surface area contributed by atoms with Crippen LogP contribution in [0, 0.1) is 0 Å². The Morgan fingerprint density at radius 1 is 0.556 bits per heavy atom. The average molecular weight is 448 g/mol. The number of hydrogen-bond donors (Lipinski definition) is 1. The summed E-state index contributed by atoms with van der Waals surface area (Å²) in [6.07, 6.45) is -37.9. The van der Waals surface area contributed by atoms with E-state index < -0.39 is 84.3 Å². The van der Waals surface area contributed by atoms with E-state index in [1.807, 2.05) is 0 Å². The number of alkyl halides is 11. The van der Waals surface area contributed by atoms with Gasteiger partial charge in [-0.25, -0.2) is 48.3 Å². The van der Waals surface area contributed by atoms with E-state index in [-0.39, 0.29) is 0 Å². The fraction of sp³-hybridized carbons (Fsp3) is 1.00. The molecule has 0 aliphatic carbocycles. The highest BCUT2D eigenvalue weighted by Crippen LogP contribution is 2.29. The number of rotatable bonds is 12. The molecule has 0 radical (unpaired) electrons. The lowest BCUT2D eigenvalue weighted by atomic mass is 9.96. The third-order valence-electron chi connectivity index (χ3n) is 3.34. The second kappa shape index (κ2) is 10.6. The van der Waals surface area contributed by atoms with Crippen molar-refractivity contribution in [1.29, 1.82) is 0 Å². The monoisotopic (exact) mass is 448 g/mol. The van der Waals surface area contributed by atoms with Crippen LogP contribution in [0.3, 0.4) is 0 Å². The Kier molecular flexibility index (Phi) is 10.3. The highest BCUT2D eigenvalue weighted by molar-refractivity contribution is 7.85. The molecule has 1 N–H and O–H groups in total. The van der Waals surface area contributed by atoms with E-state index in [2.05, 4.69) is 0 Å². The maximum absolute atomic E-state index is 13.4. The molecule has 10 atom stereocenters. The molecule has 0 saturated carbocycles. The molecule has 0 aromatic carbocycles. The van der Waals surface area contributed by atoms with Crippen molar-refractivity contribution in [1.82, 2.24) is 0 Å². The highest BCUT2D eigenvalue weighted by atomic mass is 32.2. The molecular formula is C12H15F11O3S. The summed E-state index contributed by atoms with van der Waals surface area (Å²) in [7, 11) is -5.20. The summed E-state index contributed by atoms with van der Waals surface area (Å²) >= 11 is 0. The molecule has 3 nitrogen and oxygen atoms in total. The van der Waals surface area contributed by atoms with Crippen LogP contribution >= 0.6 is 0 Å². The molecule has 164 valence electrons. The molecule has 0 aromatic rings. The molecule has 0 fully saturated rings. The minimum absolute atomic E-state index is 2.07. The van der Waals surface area contributed by atoms with E-state index in [0.29, 0.717) is 0 Å². The molecule has 0 aliphatic heterocycles. The van der Waals surface area contributed by atoms with E-state index in [1.54, 1.807) is 0 Å². The lowest BCUT2D eigenvalue weighted by molar-refractivity contribution is -0.0607. The molecule has 0 bridgehead atoms. The summed E-state index contributed by atoms with van der Waals surface area (Å²) in [5, 5.41) is 0. The van der Waals surface area contributed by atoms with Gasteiger partial charge in [0.1, 0.15) is 12.4 Å². The van der Waals surface area contributed by atoms with Gasteiger partial charge in [0.25, 0.3) is 10.1 Å². The lowest BCUT2D eigenvalue weighted by Crippen LogP contribution is -2.49. The summed E-state index contributed by atoms with van der Waals surface area (Å²) in [6.45, 7) is -2.15. The zero-order valence-electron chi connectivity index (χ0n) is 13.0. The minimum Gasteiger partial charge on any atom is -0.285 e. The van der Waals surface area contributed by atoms with E-state index in [1.165, 1.54) is 0 Å². The van der Waals surface area contributed by atoms with Crippen LogP contribution < -0.4 is 0 Å². The van der Waals surface area contributed by atoms with E-state index in [9.17, 15) is 56.7 Å². The van der Waals surface area contributed by atoms with Gasteiger partial charge in [-0.1, -0.05) is 0 Å². The largest absolute Gasteiger partial charge is 0.285 e. The Morgan fingerprint density at radius 2 is 0.815 bits per heavy atom. The minimum atomic E-state index is -5.20. The quantitative estimate of drug-likeness (QED) is 0.369. The topological polar surface area (TPSA) is 54.4 Å². The predicted molar refractivity (Wildman–Crippen MR) is 71.4 cm³/mol. The van der Waals surface area contributed by atoms with Crippen LogP contribution in [0.5, 0.6) is 0 Å². The summed E-state index contributed by atoms with van der Waals surface area (Å²) < 4.78 is 173. The van der Waals surface area contributed by atoms with Crippen molar-refractivity contribution in [3.8, 4) is 0 Å². The molecule has 10 unspecified atom stereocenters. The Morgan fingerprint density at radius 3 is 1.07 bits per heavy atom. The first-order chi connectivity index (χ1) is 12.2. The second-order valence-corrected chi connectivity index (χ2v) is 6.99. The van der Waals surface area contributed by atoms with Crippen molar-refractivity contribution in [3.05, 3.63) is 0 Å². The SMILES string of the molecule is O=S(=O)(O)CC(F)C(F)C(F)C(F)C(F)C(F)C(F)C(F)C(F)C(F)CF. The molecule has 0 saturated heterocycles. The molecule has 0 amide bonds. The van der Waals surface area contributed by atoms with Crippen LogP contribution in [0.4, 0.5) is 48.3 Å². The van der Waals surface area contributed by atoms with Gasteiger partial charge >= 0.3 is 0 Å². The van der Waals surface area contributed by atoms with Crippen LogP contribution in [0.15, 0.2) is 0 Å². The Balaban J connectivity index is 5.05. The van der Waals surface area contributed by atoms with Gasteiger partial charge < -0.3 is 0 Å². The number of hydrogen-bond acceptors (Lipinski definition) is 2. The third-order valence-corrected chi connectivity index (χ3v) is 4.08. The third kappa shape index (κ3) is 7.58. The average Bonchev–Trinajstić information content (AvgIpc) is 2.60. The maximum Gasteiger partial charge on any atom is 0.267 e. The first kappa shape index (κ1) is 26.1. The molecule has 0 spiro atoms. The van der Waals surface area contributed by atoms with Crippen LogP contribution in [0.1, 0.15) is 0 Å². The standard InChI is InChI=1S/C12H15F11O3S/c13-1-3(14)5(16)7(18)9(20)11(22)12(23)10(21)8(19)6(17)4(15)2-27(24,25)26/h3-12H,1-2H2,(H,24,25,26). The Labute approximate surface area is 146 Å². The fourth-order valence-electron chi connectivity index (χ4n) is 1.83. The fourth-order valence-corrected chi connectivity index (χ4v) is 2.42. The zero-order valence-corrected chi connectivity index (χ0v) is 13.8. The van der Waals surface area contributed by atoms with Gasteiger partial charge in [-0.15, -0.1) is 0 Å². The molecule has 15 heteroatoms. The van der Waals surface area contributed by atoms with Crippen molar-refractivity contribution >= 4 is 10.1 Å². The van der Waals surface area contributed by atoms with Crippen LogP contribution in [-0.4, -0.2) is 87.1 Å². The van der Waals surface area contributed by atoms with Gasteiger partial charge in [-0.2, -0.15) is 8.42 Å². The summed E-state index contributed by atoms with van der Waals surface area (Å²) in [4.78, 5) is 0. The first-order valence-corrected chi connectivity index (χ1v) is 8.68.